The number of carbonyl (C=O) groups excluding carboxylic acids is 1. The van der Waals surface area contributed by atoms with Crippen LogP contribution < -0.4 is 0 Å². The molecule has 4 nitrogen and oxygen atoms in total. The number of ether oxygens (including phenoxy) is 1. The molecule has 1 aliphatic rings. The Hall–Kier alpha value is -1.58. The molecule has 0 unspecified atom stereocenters. The Balaban J connectivity index is 1.96. The monoisotopic (exact) mass is 220 g/mol. The van der Waals surface area contributed by atoms with Crippen molar-refractivity contribution in [2.75, 3.05) is 13.2 Å². The van der Waals surface area contributed by atoms with Gasteiger partial charge in [-0.2, -0.15) is 0 Å². The maximum absolute atomic E-state index is 11.3. The first-order chi connectivity index (χ1) is 7.81. The molecule has 86 valence electrons. The molecule has 1 aliphatic heterocycles. The van der Waals surface area contributed by atoms with Gasteiger partial charge < -0.3 is 9.30 Å². The van der Waals surface area contributed by atoms with Crippen LogP contribution in [0.1, 0.15) is 25.5 Å². The molecule has 0 N–H and O–H groups in total. The predicted octanol–water partition coefficient (Wildman–Crippen LogP) is 1.63. The molecule has 1 aromatic rings. The Labute approximate surface area is 94.9 Å². The van der Waals surface area contributed by atoms with E-state index in [-0.39, 0.29) is 5.97 Å². The van der Waals surface area contributed by atoms with Crippen LogP contribution in [0.3, 0.4) is 0 Å². The van der Waals surface area contributed by atoms with Crippen LogP contribution in [0.25, 0.3) is 0 Å². The van der Waals surface area contributed by atoms with Crippen molar-refractivity contribution in [3.8, 4) is 0 Å². The zero-order valence-corrected chi connectivity index (χ0v) is 9.48. The van der Waals surface area contributed by atoms with Crippen LogP contribution in [0, 0.1) is 0 Å². The molecule has 0 radical (unpaired) electrons. The standard InChI is InChI=1S/C12H16N2O2/c1-2-16-12(15)6-5-10-11-4-3-8-14(11)9-7-13-10/h3-4,8H,2,5-7,9H2,1H3. The number of aromatic nitrogens is 1. The summed E-state index contributed by atoms with van der Waals surface area (Å²) in [5, 5.41) is 0. The first kappa shape index (κ1) is 10.9. The van der Waals surface area contributed by atoms with Crippen LogP contribution in [0.5, 0.6) is 0 Å². The third-order valence-electron chi connectivity index (χ3n) is 2.64. The van der Waals surface area contributed by atoms with Crippen molar-refractivity contribution < 1.29 is 9.53 Å². The molecule has 0 atom stereocenters. The molecule has 0 bridgehead atoms. The quantitative estimate of drug-likeness (QED) is 0.724. The molecular weight excluding hydrogens is 204 g/mol. The number of hydrogen-bond donors (Lipinski definition) is 0. The first-order valence-corrected chi connectivity index (χ1v) is 5.65. The molecule has 2 heterocycles. The second-order valence-electron chi connectivity index (χ2n) is 3.72. The molecule has 16 heavy (non-hydrogen) atoms. The minimum absolute atomic E-state index is 0.145. The van der Waals surface area contributed by atoms with Gasteiger partial charge in [0.15, 0.2) is 0 Å². The molecule has 0 saturated heterocycles. The van der Waals surface area contributed by atoms with E-state index < -0.39 is 0 Å². The van der Waals surface area contributed by atoms with Crippen molar-refractivity contribution in [2.45, 2.75) is 26.3 Å². The topological polar surface area (TPSA) is 43.6 Å². The number of hydrogen-bond acceptors (Lipinski definition) is 3. The van der Waals surface area contributed by atoms with Crippen molar-refractivity contribution in [1.82, 2.24) is 4.57 Å². The van der Waals surface area contributed by atoms with Crippen molar-refractivity contribution in [1.29, 1.82) is 0 Å². The van der Waals surface area contributed by atoms with Crippen LogP contribution in [0.4, 0.5) is 0 Å². The van der Waals surface area contributed by atoms with Crippen LogP contribution in [-0.4, -0.2) is 29.4 Å². The summed E-state index contributed by atoms with van der Waals surface area (Å²) in [6.45, 7) is 4.01. The minimum atomic E-state index is -0.145. The van der Waals surface area contributed by atoms with Gasteiger partial charge in [-0.15, -0.1) is 0 Å². The lowest BCUT2D eigenvalue weighted by Gasteiger charge is -2.15. The van der Waals surface area contributed by atoms with Gasteiger partial charge in [0.1, 0.15) is 0 Å². The zero-order valence-electron chi connectivity index (χ0n) is 9.48. The van der Waals surface area contributed by atoms with Gasteiger partial charge in [0.2, 0.25) is 0 Å². The van der Waals surface area contributed by atoms with Crippen LogP contribution in [0.15, 0.2) is 23.3 Å². The third kappa shape index (κ3) is 2.32. The van der Waals surface area contributed by atoms with E-state index in [0.29, 0.717) is 19.4 Å². The van der Waals surface area contributed by atoms with Crippen molar-refractivity contribution >= 4 is 11.7 Å². The van der Waals surface area contributed by atoms with E-state index >= 15 is 0 Å². The Morgan fingerprint density at radius 1 is 1.62 bits per heavy atom. The van der Waals surface area contributed by atoms with E-state index in [1.54, 1.807) is 0 Å². The van der Waals surface area contributed by atoms with Gasteiger partial charge in [0.05, 0.1) is 31.0 Å². The smallest absolute Gasteiger partial charge is 0.306 e. The lowest BCUT2D eigenvalue weighted by Crippen LogP contribution is -2.18. The average Bonchev–Trinajstić information content (AvgIpc) is 2.75. The van der Waals surface area contributed by atoms with Crippen LogP contribution >= 0.6 is 0 Å². The number of rotatable bonds is 4. The van der Waals surface area contributed by atoms with Crippen LogP contribution in [-0.2, 0) is 16.1 Å². The fourth-order valence-electron chi connectivity index (χ4n) is 1.91. The van der Waals surface area contributed by atoms with Crippen LogP contribution in [0.2, 0.25) is 0 Å². The highest BCUT2D eigenvalue weighted by Crippen LogP contribution is 2.13. The molecule has 0 saturated carbocycles. The highest BCUT2D eigenvalue weighted by atomic mass is 16.5. The van der Waals surface area contributed by atoms with Gasteiger partial charge in [0, 0.05) is 19.2 Å². The van der Waals surface area contributed by atoms with E-state index in [9.17, 15) is 4.79 Å². The number of carbonyl (C=O) groups is 1. The summed E-state index contributed by atoms with van der Waals surface area (Å²) in [5.74, 6) is -0.145. The predicted molar refractivity (Wildman–Crippen MR) is 61.7 cm³/mol. The summed E-state index contributed by atoms with van der Waals surface area (Å²) in [4.78, 5) is 15.7. The lowest BCUT2D eigenvalue weighted by molar-refractivity contribution is -0.142. The normalized spacial score (nSPS) is 14.2. The number of fused-ring (bicyclic) bond motifs is 1. The molecule has 0 spiro atoms. The largest absolute Gasteiger partial charge is 0.466 e. The van der Waals surface area contributed by atoms with E-state index in [1.807, 2.05) is 25.3 Å². The Morgan fingerprint density at radius 2 is 2.50 bits per heavy atom. The van der Waals surface area contributed by atoms with Crippen molar-refractivity contribution in [3.05, 3.63) is 24.0 Å². The molecule has 2 rings (SSSR count). The Morgan fingerprint density at radius 3 is 3.31 bits per heavy atom. The molecule has 0 aliphatic carbocycles. The second kappa shape index (κ2) is 4.96. The van der Waals surface area contributed by atoms with Gasteiger partial charge in [-0.1, -0.05) is 0 Å². The Kier molecular flexibility index (Phi) is 3.39. The van der Waals surface area contributed by atoms with E-state index in [2.05, 4.69) is 9.56 Å². The summed E-state index contributed by atoms with van der Waals surface area (Å²) in [5.41, 5.74) is 2.15. The van der Waals surface area contributed by atoms with Gasteiger partial charge in [-0.05, 0) is 19.1 Å². The maximum Gasteiger partial charge on any atom is 0.306 e. The number of esters is 1. The summed E-state index contributed by atoms with van der Waals surface area (Å²) >= 11 is 0. The molecule has 1 aromatic heterocycles. The third-order valence-corrected chi connectivity index (χ3v) is 2.64. The number of nitrogens with zero attached hydrogens (tertiary/aromatic N) is 2. The SMILES string of the molecule is CCOC(=O)CCC1=NCCn2cccc21. The van der Waals surface area contributed by atoms with E-state index in [1.165, 1.54) is 0 Å². The molecule has 4 heteroatoms. The summed E-state index contributed by atoms with van der Waals surface area (Å²) in [7, 11) is 0. The first-order valence-electron chi connectivity index (χ1n) is 5.65. The lowest BCUT2D eigenvalue weighted by atomic mass is 10.1. The van der Waals surface area contributed by atoms with E-state index in [0.717, 1.165) is 24.5 Å². The summed E-state index contributed by atoms with van der Waals surface area (Å²) < 4.78 is 7.08. The van der Waals surface area contributed by atoms with Gasteiger partial charge in [-0.25, -0.2) is 0 Å². The minimum Gasteiger partial charge on any atom is -0.466 e. The second-order valence-corrected chi connectivity index (χ2v) is 3.72. The highest BCUT2D eigenvalue weighted by molar-refractivity contribution is 6.01. The molecular formula is C12H16N2O2. The summed E-state index contributed by atoms with van der Waals surface area (Å²) in [6, 6.07) is 4.06. The van der Waals surface area contributed by atoms with Crippen molar-refractivity contribution in [2.24, 2.45) is 4.99 Å². The van der Waals surface area contributed by atoms with Gasteiger partial charge in [0.25, 0.3) is 0 Å². The molecule has 0 amide bonds. The number of aliphatic imine (C=N–C) groups is 1. The zero-order chi connectivity index (χ0) is 11.4. The molecule has 0 fully saturated rings. The average molecular weight is 220 g/mol. The van der Waals surface area contributed by atoms with Gasteiger partial charge in [-0.3, -0.25) is 9.79 Å². The van der Waals surface area contributed by atoms with Crippen molar-refractivity contribution in [3.63, 3.8) is 0 Å². The fraction of sp³-hybridized carbons (Fsp3) is 0.500. The Bertz CT molecular complexity index is 407. The van der Waals surface area contributed by atoms with Gasteiger partial charge >= 0.3 is 5.97 Å². The molecule has 0 aromatic carbocycles. The fourth-order valence-corrected chi connectivity index (χ4v) is 1.91. The highest BCUT2D eigenvalue weighted by Gasteiger charge is 2.14. The summed E-state index contributed by atoms with van der Waals surface area (Å²) in [6.07, 6.45) is 3.13. The maximum atomic E-state index is 11.3. The van der Waals surface area contributed by atoms with E-state index in [4.69, 9.17) is 4.74 Å².